The number of hydrogen-bond donors (Lipinski definition) is 1. The van der Waals surface area contributed by atoms with Crippen LogP contribution >= 0.6 is 0 Å². The van der Waals surface area contributed by atoms with Gasteiger partial charge in [-0.3, -0.25) is 14.6 Å². The number of ether oxygens (including phenoxy) is 1. The molecule has 2 amide bonds. The van der Waals surface area contributed by atoms with E-state index in [2.05, 4.69) is 29.1 Å². The molecule has 2 aliphatic heterocycles. The molecule has 0 radical (unpaired) electrons. The van der Waals surface area contributed by atoms with Gasteiger partial charge in [-0.25, -0.2) is 4.98 Å². The molecular weight excluding hydrogens is 370 g/mol. The highest BCUT2D eigenvalue weighted by atomic mass is 16.5. The number of amides is 2. The minimum absolute atomic E-state index is 0.0293. The lowest BCUT2D eigenvalue weighted by Gasteiger charge is -2.45. The van der Waals surface area contributed by atoms with Gasteiger partial charge in [0.2, 0.25) is 0 Å². The minimum atomic E-state index is -0.646. The SMILES string of the molecule is CC(C)CNC(=O)[C@H]1Cn2ccnc2C2(CCN(C(=O)c3cccnc3)CC2)O1. The van der Waals surface area contributed by atoms with Crippen LogP contribution in [-0.2, 0) is 21.7 Å². The van der Waals surface area contributed by atoms with Gasteiger partial charge in [0.25, 0.3) is 11.8 Å². The third-order valence-electron chi connectivity index (χ3n) is 5.60. The van der Waals surface area contributed by atoms with Crippen LogP contribution in [0.1, 0.15) is 42.9 Å². The van der Waals surface area contributed by atoms with Crippen LogP contribution < -0.4 is 5.32 Å². The van der Waals surface area contributed by atoms with Gasteiger partial charge in [-0.05, 0) is 18.1 Å². The molecule has 29 heavy (non-hydrogen) atoms. The highest BCUT2D eigenvalue weighted by molar-refractivity contribution is 5.93. The maximum absolute atomic E-state index is 12.7. The Hall–Kier alpha value is -2.74. The minimum Gasteiger partial charge on any atom is -0.354 e. The van der Waals surface area contributed by atoms with Crippen molar-refractivity contribution in [2.75, 3.05) is 19.6 Å². The zero-order valence-electron chi connectivity index (χ0n) is 16.9. The lowest BCUT2D eigenvalue weighted by atomic mass is 9.88. The fraction of sp³-hybridized carbons (Fsp3) is 0.524. The first-order chi connectivity index (χ1) is 14.0. The van der Waals surface area contributed by atoms with E-state index < -0.39 is 11.7 Å². The number of carbonyl (C=O) groups excluding carboxylic acids is 2. The summed E-state index contributed by atoms with van der Waals surface area (Å²) in [7, 11) is 0. The number of carbonyl (C=O) groups is 2. The molecule has 4 heterocycles. The van der Waals surface area contributed by atoms with E-state index in [4.69, 9.17) is 4.74 Å². The van der Waals surface area contributed by atoms with Crippen LogP contribution in [-0.4, -0.2) is 57.0 Å². The van der Waals surface area contributed by atoms with E-state index in [1.165, 1.54) is 0 Å². The second kappa shape index (κ2) is 7.94. The quantitative estimate of drug-likeness (QED) is 0.846. The Kier molecular flexibility index (Phi) is 5.36. The topological polar surface area (TPSA) is 89.4 Å². The van der Waals surface area contributed by atoms with E-state index in [-0.39, 0.29) is 11.8 Å². The zero-order valence-corrected chi connectivity index (χ0v) is 16.9. The van der Waals surface area contributed by atoms with Crippen molar-refractivity contribution in [2.45, 2.75) is 44.9 Å². The predicted molar refractivity (Wildman–Crippen MR) is 106 cm³/mol. The van der Waals surface area contributed by atoms with Gasteiger partial charge in [0.05, 0.1) is 12.1 Å². The molecule has 2 aromatic rings. The Bertz CT molecular complexity index is 871. The van der Waals surface area contributed by atoms with Crippen LogP contribution in [0, 0.1) is 5.92 Å². The summed E-state index contributed by atoms with van der Waals surface area (Å²) in [5, 5.41) is 2.98. The number of pyridine rings is 1. The summed E-state index contributed by atoms with van der Waals surface area (Å²) in [6.07, 6.45) is 7.54. The van der Waals surface area contributed by atoms with Gasteiger partial charge in [0, 0.05) is 57.3 Å². The first-order valence-electron chi connectivity index (χ1n) is 10.1. The second-order valence-electron chi connectivity index (χ2n) is 8.18. The van der Waals surface area contributed by atoms with Gasteiger partial charge in [-0.1, -0.05) is 13.8 Å². The smallest absolute Gasteiger partial charge is 0.255 e. The van der Waals surface area contributed by atoms with Crippen LogP contribution in [0.5, 0.6) is 0 Å². The van der Waals surface area contributed by atoms with Crippen molar-refractivity contribution in [3.05, 3.63) is 48.3 Å². The van der Waals surface area contributed by atoms with E-state index >= 15 is 0 Å². The lowest BCUT2D eigenvalue weighted by Crippen LogP contribution is -2.55. The maximum Gasteiger partial charge on any atom is 0.255 e. The standard InChI is InChI=1S/C21H27N5O3/c1-15(2)12-24-18(27)17-14-26-11-8-23-20(26)21(29-17)5-9-25(10-6-21)19(28)16-4-3-7-22-13-16/h3-4,7-8,11,13,15,17H,5-6,9-10,12,14H2,1-2H3,(H,24,27)/t17-/m1/s1. The van der Waals surface area contributed by atoms with Crippen molar-refractivity contribution >= 4 is 11.8 Å². The molecule has 1 fully saturated rings. The zero-order chi connectivity index (χ0) is 20.4. The molecule has 8 heteroatoms. The van der Waals surface area contributed by atoms with Gasteiger partial charge < -0.3 is 19.5 Å². The average Bonchev–Trinajstić information content (AvgIpc) is 3.22. The molecule has 1 atom stereocenters. The third-order valence-corrected chi connectivity index (χ3v) is 5.60. The molecule has 8 nitrogen and oxygen atoms in total. The third kappa shape index (κ3) is 3.89. The average molecular weight is 397 g/mol. The van der Waals surface area contributed by atoms with Crippen molar-refractivity contribution < 1.29 is 14.3 Å². The molecule has 1 N–H and O–H groups in total. The number of aromatic nitrogens is 3. The Morgan fingerprint density at radius 2 is 2.10 bits per heavy atom. The second-order valence-corrected chi connectivity index (χ2v) is 8.18. The van der Waals surface area contributed by atoms with E-state index in [0.717, 1.165) is 5.82 Å². The lowest BCUT2D eigenvalue weighted by molar-refractivity contribution is -0.172. The number of fused-ring (bicyclic) bond motifs is 2. The number of nitrogens with zero attached hydrogens (tertiary/aromatic N) is 4. The van der Waals surface area contributed by atoms with Gasteiger partial charge >= 0.3 is 0 Å². The fourth-order valence-electron chi connectivity index (χ4n) is 4.04. The molecule has 1 saturated heterocycles. The Morgan fingerprint density at radius 1 is 1.31 bits per heavy atom. The first-order valence-corrected chi connectivity index (χ1v) is 10.1. The first kappa shape index (κ1) is 19.6. The summed E-state index contributed by atoms with van der Waals surface area (Å²) < 4.78 is 8.40. The summed E-state index contributed by atoms with van der Waals surface area (Å²) in [5.74, 6) is 1.10. The summed E-state index contributed by atoms with van der Waals surface area (Å²) in [5.41, 5.74) is -0.0618. The number of hydrogen-bond acceptors (Lipinski definition) is 5. The molecular formula is C21H27N5O3. The predicted octanol–water partition coefficient (Wildman–Crippen LogP) is 1.58. The van der Waals surface area contributed by atoms with Crippen LogP contribution in [0.15, 0.2) is 36.9 Å². The number of nitrogens with one attached hydrogen (secondary N) is 1. The molecule has 0 unspecified atom stereocenters. The summed E-state index contributed by atoms with van der Waals surface area (Å²) in [6, 6.07) is 3.54. The van der Waals surface area contributed by atoms with E-state index in [1.54, 1.807) is 30.7 Å². The van der Waals surface area contributed by atoms with Crippen molar-refractivity contribution in [3.63, 3.8) is 0 Å². The van der Waals surface area contributed by atoms with E-state index in [1.807, 2.05) is 15.7 Å². The molecule has 1 spiro atoms. The molecule has 0 aromatic carbocycles. The van der Waals surface area contributed by atoms with Crippen molar-refractivity contribution in [2.24, 2.45) is 5.92 Å². The molecule has 0 saturated carbocycles. The Morgan fingerprint density at radius 3 is 2.79 bits per heavy atom. The largest absolute Gasteiger partial charge is 0.354 e. The van der Waals surface area contributed by atoms with Crippen LogP contribution in [0.2, 0.25) is 0 Å². The van der Waals surface area contributed by atoms with E-state index in [0.29, 0.717) is 50.5 Å². The summed E-state index contributed by atoms with van der Waals surface area (Å²) in [4.78, 5) is 35.8. The van der Waals surface area contributed by atoms with Crippen LogP contribution in [0.4, 0.5) is 0 Å². The summed E-state index contributed by atoms with van der Waals surface area (Å²) in [6.45, 7) is 6.29. The molecule has 154 valence electrons. The Balaban J connectivity index is 1.49. The molecule has 0 bridgehead atoms. The van der Waals surface area contributed by atoms with Crippen LogP contribution in [0.25, 0.3) is 0 Å². The maximum atomic E-state index is 12.7. The molecule has 2 aromatic heterocycles. The normalized spacial score (nSPS) is 20.5. The van der Waals surface area contributed by atoms with Gasteiger partial charge in [0.1, 0.15) is 11.4 Å². The highest BCUT2D eigenvalue weighted by Crippen LogP contribution is 2.40. The fourth-order valence-corrected chi connectivity index (χ4v) is 4.04. The van der Waals surface area contributed by atoms with Crippen molar-refractivity contribution in [3.8, 4) is 0 Å². The molecule has 0 aliphatic carbocycles. The van der Waals surface area contributed by atoms with Crippen molar-refractivity contribution in [1.82, 2.24) is 24.8 Å². The number of likely N-dealkylation sites (tertiary alicyclic amines) is 1. The number of piperidine rings is 1. The molecule has 2 aliphatic rings. The van der Waals surface area contributed by atoms with Gasteiger partial charge in [-0.2, -0.15) is 0 Å². The van der Waals surface area contributed by atoms with Gasteiger partial charge in [-0.15, -0.1) is 0 Å². The van der Waals surface area contributed by atoms with Crippen LogP contribution in [0.3, 0.4) is 0 Å². The van der Waals surface area contributed by atoms with E-state index in [9.17, 15) is 9.59 Å². The monoisotopic (exact) mass is 397 g/mol. The number of rotatable bonds is 4. The number of imidazole rings is 1. The van der Waals surface area contributed by atoms with Gasteiger partial charge in [0.15, 0.2) is 6.10 Å². The Labute approximate surface area is 170 Å². The molecule has 4 rings (SSSR count). The van der Waals surface area contributed by atoms with Crippen molar-refractivity contribution in [1.29, 1.82) is 0 Å². The highest BCUT2D eigenvalue weighted by Gasteiger charge is 2.47. The summed E-state index contributed by atoms with van der Waals surface area (Å²) >= 11 is 0.